The molecule has 0 aliphatic heterocycles. The largest absolute Gasteiger partial charge is 0.493 e. The zero-order chi connectivity index (χ0) is 25.5. The number of hydrogen-bond donors (Lipinski definition) is 1. The van der Waals surface area contributed by atoms with Gasteiger partial charge >= 0.3 is 6.18 Å². The second kappa shape index (κ2) is 11.3. The topological polar surface area (TPSA) is 97.3 Å². The van der Waals surface area contributed by atoms with E-state index in [1.165, 1.54) is 13.3 Å². The van der Waals surface area contributed by atoms with Gasteiger partial charge in [0.2, 0.25) is 10.0 Å². The molecule has 0 bridgehead atoms. The molecule has 0 saturated carbocycles. The molecule has 2 rings (SSSR count). The van der Waals surface area contributed by atoms with Crippen molar-refractivity contribution in [3.8, 4) is 11.5 Å². The average Bonchev–Trinajstić information content (AvgIpc) is 2.75. The second-order valence-electron chi connectivity index (χ2n) is 6.74. The fourth-order valence-electron chi connectivity index (χ4n) is 2.64. The van der Waals surface area contributed by atoms with Crippen molar-refractivity contribution in [3.63, 3.8) is 0 Å². The predicted molar refractivity (Wildman–Crippen MR) is 123 cm³/mol. The van der Waals surface area contributed by atoms with Crippen LogP contribution in [-0.2, 0) is 21.0 Å². The normalized spacial score (nSPS) is 11.8. The Morgan fingerprint density at radius 3 is 2.53 bits per heavy atom. The van der Waals surface area contributed by atoms with E-state index in [1.54, 1.807) is 24.3 Å². The highest BCUT2D eigenvalue weighted by molar-refractivity contribution is 7.92. The number of carbonyl (C=O) groups excluding carboxylic acids is 1. The van der Waals surface area contributed by atoms with Crippen LogP contribution >= 0.6 is 11.6 Å². The molecular formula is C21H21ClF3N3O5S. The second-order valence-corrected chi connectivity index (χ2v) is 9.05. The van der Waals surface area contributed by atoms with Gasteiger partial charge in [-0.3, -0.25) is 9.10 Å². The summed E-state index contributed by atoms with van der Waals surface area (Å²) in [6.45, 7) is 2.97. The molecule has 0 aliphatic rings. The van der Waals surface area contributed by atoms with E-state index in [-0.39, 0.29) is 11.6 Å². The number of nitrogens with zero attached hydrogens (tertiary/aromatic N) is 2. The molecule has 8 nitrogen and oxygen atoms in total. The maximum Gasteiger partial charge on any atom is 0.416 e. The number of benzene rings is 2. The molecule has 1 amide bonds. The zero-order valence-electron chi connectivity index (χ0n) is 18.1. The number of anilines is 1. The number of alkyl halides is 3. The number of nitrogens with one attached hydrogen (secondary N) is 1. The average molecular weight is 520 g/mol. The van der Waals surface area contributed by atoms with Crippen LogP contribution in [0.3, 0.4) is 0 Å². The van der Waals surface area contributed by atoms with Gasteiger partial charge in [0, 0.05) is 0 Å². The van der Waals surface area contributed by atoms with E-state index in [9.17, 15) is 26.4 Å². The van der Waals surface area contributed by atoms with Gasteiger partial charge in [0.25, 0.3) is 5.91 Å². The monoisotopic (exact) mass is 519 g/mol. The lowest BCUT2D eigenvalue weighted by molar-refractivity contribution is -0.137. The molecule has 0 atom stereocenters. The molecule has 2 aromatic rings. The number of sulfonamides is 1. The molecule has 0 aliphatic carbocycles. The fourth-order valence-corrected chi connectivity index (χ4v) is 3.77. The quantitative estimate of drug-likeness (QED) is 0.292. The van der Waals surface area contributed by atoms with Crippen LogP contribution in [0.25, 0.3) is 0 Å². The van der Waals surface area contributed by atoms with E-state index in [0.29, 0.717) is 33.5 Å². The first-order valence-electron chi connectivity index (χ1n) is 9.45. The van der Waals surface area contributed by atoms with Crippen molar-refractivity contribution in [1.82, 2.24) is 5.43 Å². The zero-order valence-corrected chi connectivity index (χ0v) is 19.7. The summed E-state index contributed by atoms with van der Waals surface area (Å²) in [4.78, 5) is 12.3. The van der Waals surface area contributed by atoms with E-state index in [0.717, 1.165) is 12.3 Å². The summed E-state index contributed by atoms with van der Waals surface area (Å²) in [5.41, 5.74) is 1.04. The summed E-state index contributed by atoms with van der Waals surface area (Å²) in [6.07, 6.45) is -1.17. The highest BCUT2D eigenvalue weighted by Crippen LogP contribution is 2.36. The third-order valence-electron chi connectivity index (χ3n) is 4.18. The van der Waals surface area contributed by atoms with Crippen LogP contribution in [0, 0.1) is 0 Å². The van der Waals surface area contributed by atoms with E-state index >= 15 is 0 Å². The third-order valence-corrected chi connectivity index (χ3v) is 5.62. The number of ether oxygens (including phenoxy) is 2. The van der Waals surface area contributed by atoms with Gasteiger partial charge in [-0.1, -0.05) is 24.3 Å². The van der Waals surface area contributed by atoms with Crippen molar-refractivity contribution in [1.29, 1.82) is 0 Å². The Hall–Kier alpha value is -3.25. The number of halogens is 4. The molecule has 0 spiro atoms. The van der Waals surface area contributed by atoms with Gasteiger partial charge in [0.15, 0.2) is 11.5 Å². The molecule has 0 unspecified atom stereocenters. The Morgan fingerprint density at radius 2 is 1.94 bits per heavy atom. The summed E-state index contributed by atoms with van der Waals surface area (Å²) in [7, 11) is -2.72. The molecule has 0 aromatic heterocycles. The Balaban J connectivity index is 2.18. The Labute approximate surface area is 199 Å². The molecule has 34 heavy (non-hydrogen) atoms. The third kappa shape index (κ3) is 7.39. The summed E-state index contributed by atoms with van der Waals surface area (Å²) in [6, 6.07) is 7.00. The first kappa shape index (κ1) is 27.0. The summed E-state index contributed by atoms with van der Waals surface area (Å²) in [5.74, 6) is -0.0435. The fraction of sp³-hybridized carbons (Fsp3) is 0.238. The van der Waals surface area contributed by atoms with Crippen molar-refractivity contribution in [2.75, 3.05) is 30.8 Å². The van der Waals surface area contributed by atoms with Gasteiger partial charge < -0.3 is 9.47 Å². The van der Waals surface area contributed by atoms with Gasteiger partial charge in [-0.2, -0.15) is 18.3 Å². The molecule has 0 heterocycles. The van der Waals surface area contributed by atoms with E-state index in [4.69, 9.17) is 21.1 Å². The summed E-state index contributed by atoms with van der Waals surface area (Å²) >= 11 is 5.93. The van der Waals surface area contributed by atoms with E-state index in [2.05, 4.69) is 17.1 Å². The van der Waals surface area contributed by atoms with Crippen LogP contribution in [-0.4, -0.2) is 47.1 Å². The molecule has 184 valence electrons. The molecule has 0 radical (unpaired) electrons. The molecule has 1 N–H and O–H groups in total. The summed E-state index contributed by atoms with van der Waals surface area (Å²) in [5, 5.41) is 3.47. The molecule has 13 heteroatoms. The smallest absolute Gasteiger partial charge is 0.416 e. The highest BCUT2D eigenvalue weighted by atomic mass is 35.5. The highest BCUT2D eigenvalue weighted by Gasteiger charge is 2.33. The number of hydrazone groups is 1. The van der Waals surface area contributed by atoms with E-state index in [1.807, 2.05) is 0 Å². The van der Waals surface area contributed by atoms with Gasteiger partial charge in [0.1, 0.15) is 13.2 Å². The SMILES string of the molecule is C=CCOc1ccc(/C=N/NC(=O)CN(c2cc(C(F)(F)F)ccc2Cl)S(C)(=O)=O)cc1OC. The first-order valence-corrected chi connectivity index (χ1v) is 11.7. The molecule has 2 aromatic carbocycles. The van der Waals surface area contributed by atoms with Crippen LogP contribution in [0.15, 0.2) is 54.2 Å². The van der Waals surface area contributed by atoms with Crippen molar-refractivity contribution in [2.45, 2.75) is 6.18 Å². The van der Waals surface area contributed by atoms with Gasteiger partial charge in [-0.15, -0.1) is 0 Å². The van der Waals surface area contributed by atoms with Crippen molar-refractivity contribution >= 4 is 39.4 Å². The van der Waals surface area contributed by atoms with Crippen LogP contribution in [0.4, 0.5) is 18.9 Å². The Kier molecular flexibility index (Phi) is 8.93. The Bertz CT molecular complexity index is 1190. The minimum atomic E-state index is -4.73. The minimum absolute atomic E-state index is 0.270. The summed E-state index contributed by atoms with van der Waals surface area (Å²) < 4.78 is 74.7. The Morgan fingerprint density at radius 1 is 1.24 bits per heavy atom. The molecule has 0 fully saturated rings. The lowest BCUT2D eigenvalue weighted by Gasteiger charge is -2.23. The number of hydrogen-bond acceptors (Lipinski definition) is 6. The number of rotatable bonds is 10. The maximum absolute atomic E-state index is 13.1. The molecular weight excluding hydrogens is 499 g/mol. The van der Waals surface area contributed by atoms with Crippen molar-refractivity contribution < 1.29 is 35.9 Å². The van der Waals surface area contributed by atoms with Gasteiger partial charge in [0.05, 0.1) is 35.9 Å². The number of amides is 1. The predicted octanol–water partition coefficient (Wildman–Crippen LogP) is 3.85. The maximum atomic E-state index is 13.1. The lowest BCUT2D eigenvalue weighted by Crippen LogP contribution is -2.39. The number of carbonyl (C=O) groups is 1. The first-order chi connectivity index (χ1) is 15.9. The molecule has 0 saturated heterocycles. The van der Waals surface area contributed by atoms with Crippen LogP contribution in [0.5, 0.6) is 11.5 Å². The minimum Gasteiger partial charge on any atom is -0.493 e. The van der Waals surface area contributed by atoms with Gasteiger partial charge in [-0.25, -0.2) is 13.8 Å². The van der Waals surface area contributed by atoms with E-state index < -0.39 is 39.9 Å². The van der Waals surface area contributed by atoms with Crippen LogP contribution in [0.2, 0.25) is 5.02 Å². The van der Waals surface area contributed by atoms with Gasteiger partial charge in [-0.05, 0) is 42.0 Å². The lowest BCUT2D eigenvalue weighted by atomic mass is 10.2. The van der Waals surface area contributed by atoms with Crippen LogP contribution in [0.1, 0.15) is 11.1 Å². The van der Waals surface area contributed by atoms with Crippen molar-refractivity contribution in [2.24, 2.45) is 5.10 Å². The standard InChI is InChI=1S/C21H21ClF3N3O5S/c1-4-9-33-18-8-5-14(10-19(18)32-2)12-26-27-20(29)13-28(34(3,30)31)17-11-15(21(23,24)25)6-7-16(17)22/h4-8,10-12H,1,9,13H2,2-3H3,(H,27,29)/b26-12+. The number of methoxy groups -OCH3 is 1. The van der Waals surface area contributed by atoms with Crippen LogP contribution < -0.4 is 19.2 Å². The van der Waals surface area contributed by atoms with Crippen molar-refractivity contribution in [3.05, 3.63) is 65.2 Å².